The largest absolute Gasteiger partial charge is 0.348 e. The third kappa shape index (κ3) is 2.53. The van der Waals surface area contributed by atoms with Crippen LogP contribution in [0.15, 0.2) is 6.33 Å². The lowest BCUT2D eigenvalue weighted by molar-refractivity contribution is -0.137. The van der Waals surface area contributed by atoms with Gasteiger partial charge in [-0.1, -0.05) is 19.3 Å². The molecule has 4 nitrogen and oxygen atoms in total. The molecule has 104 valence electrons. The monoisotopic (exact) mass is 261 g/mol. The Morgan fingerprint density at radius 2 is 2.11 bits per heavy atom. The molecule has 0 saturated heterocycles. The van der Waals surface area contributed by atoms with Crippen LogP contribution in [0.2, 0.25) is 0 Å². The number of hydrogen-bond acceptors (Lipinski definition) is 2. The van der Waals surface area contributed by atoms with Crippen molar-refractivity contribution in [3.8, 4) is 0 Å². The zero-order chi connectivity index (χ0) is 13.2. The second-order valence-electron chi connectivity index (χ2n) is 6.01. The van der Waals surface area contributed by atoms with Crippen molar-refractivity contribution in [3.05, 3.63) is 17.7 Å². The van der Waals surface area contributed by atoms with Crippen molar-refractivity contribution in [2.75, 3.05) is 7.05 Å². The number of imidazole rings is 1. The van der Waals surface area contributed by atoms with Gasteiger partial charge in [0, 0.05) is 31.1 Å². The molecule has 1 unspecified atom stereocenters. The van der Waals surface area contributed by atoms with Gasteiger partial charge in [-0.05, 0) is 25.7 Å². The van der Waals surface area contributed by atoms with Crippen molar-refractivity contribution in [3.63, 3.8) is 0 Å². The molecular formula is C15H23N3O. The predicted octanol–water partition coefficient (Wildman–Crippen LogP) is 2.31. The highest BCUT2D eigenvalue weighted by Crippen LogP contribution is 2.27. The van der Waals surface area contributed by atoms with Crippen LogP contribution < -0.4 is 0 Å². The molecule has 1 atom stereocenters. The molecule has 1 heterocycles. The van der Waals surface area contributed by atoms with Gasteiger partial charge in [0.25, 0.3) is 0 Å². The maximum absolute atomic E-state index is 12.6. The molecule has 2 aliphatic rings. The molecule has 1 N–H and O–H groups in total. The molecular weight excluding hydrogens is 238 g/mol. The molecule has 4 heteroatoms. The predicted molar refractivity (Wildman–Crippen MR) is 73.7 cm³/mol. The van der Waals surface area contributed by atoms with Gasteiger partial charge in [0.05, 0.1) is 12.0 Å². The lowest BCUT2D eigenvalue weighted by atomic mass is 9.87. The summed E-state index contributed by atoms with van der Waals surface area (Å²) in [4.78, 5) is 22.1. The lowest BCUT2D eigenvalue weighted by Crippen LogP contribution is -2.43. The van der Waals surface area contributed by atoms with Crippen molar-refractivity contribution in [2.24, 2.45) is 5.92 Å². The minimum atomic E-state index is 0.153. The van der Waals surface area contributed by atoms with E-state index in [-0.39, 0.29) is 5.92 Å². The SMILES string of the molecule is CN(C(=O)C1CCc2nc[nH]c2C1)C1CCCCC1. The number of amides is 1. The van der Waals surface area contributed by atoms with Crippen LogP contribution in [-0.2, 0) is 17.6 Å². The van der Waals surface area contributed by atoms with Gasteiger partial charge in [-0.2, -0.15) is 0 Å². The molecule has 0 aliphatic heterocycles. The van der Waals surface area contributed by atoms with E-state index in [1.165, 1.54) is 37.8 Å². The highest BCUT2D eigenvalue weighted by atomic mass is 16.2. The van der Waals surface area contributed by atoms with Crippen LogP contribution in [0.5, 0.6) is 0 Å². The van der Waals surface area contributed by atoms with Gasteiger partial charge >= 0.3 is 0 Å². The molecule has 0 spiro atoms. The Hall–Kier alpha value is -1.32. The van der Waals surface area contributed by atoms with Gasteiger partial charge in [0.15, 0.2) is 0 Å². The van der Waals surface area contributed by atoms with Crippen molar-refractivity contribution in [1.82, 2.24) is 14.9 Å². The second-order valence-corrected chi connectivity index (χ2v) is 6.01. The van der Waals surface area contributed by atoms with E-state index in [1.807, 2.05) is 11.9 Å². The summed E-state index contributed by atoms with van der Waals surface area (Å²) in [6, 6.07) is 0.476. The van der Waals surface area contributed by atoms with Gasteiger partial charge < -0.3 is 9.88 Å². The first-order chi connectivity index (χ1) is 9.25. The Kier molecular flexibility index (Phi) is 3.58. The first-order valence-corrected chi connectivity index (χ1v) is 7.53. The molecule has 1 fully saturated rings. The number of H-pyrrole nitrogens is 1. The number of rotatable bonds is 2. The zero-order valence-corrected chi connectivity index (χ0v) is 11.7. The van der Waals surface area contributed by atoms with Gasteiger partial charge in [-0.3, -0.25) is 4.79 Å². The van der Waals surface area contributed by atoms with E-state index in [0.29, 0.717) is 11.9 Å². The van der Waals surface area contributed by atoms with Crippen molar-refractivity contribution < 1.29 is 4.79 Å². The first kappa shape index (κ1) is 12.7. The number of carbonyl (C=O) groups is 1. The fourth-order valence-corrected chi connectivity index (χ4v) is 3.55. The van der Waals surface area contributed by atoms with Gasteiger partial charge in [0.2, 0.25) is 5.91 Å². The molecule has 1 aromatic rings. The number of nitrogens with zero attached hydrogens (tertiary/aromatic N) is 2. The van der Waals surface area contributed by atoms with E-state index in [2.05, 4.69) is 9.97 Å². The standard InChI is InChI=1S/C15H23N3O/c1-18(12-5-3-2-4-6-12)15(19)11-7-8-13-14(9-11)17-10-16-13/h10-12H,2-9H2,1H3,(H,16,17). The summed E-state index contributed by atoms with van der Waals surface area (Å²) in [5, 5.41) is 0. The van der Waals surface area contributed by atoms with E-state index >= 15 is 0 Å². The van der Waals surface area contributed by atoms with Crippen LogP contribution in [0.1, 0.15) is 49.9 Å². The van der Waals surface area contributed by atoms with Gasteiger partial charge in [-0.15, -0.1) is 0 Å². The van der Waals surface area contributed by atoms with Crippen LogP contribution in [-0.4, -0.2) is 33.9 Å². The minimum absolute atomic E-state index is 0.153. The molecule has 0 radical (unpaired) electrons. The fraction of sp³-hybridized carbons (Fsp3) is 0.733. The fourth-order valence-electron chi connectivity index (χ4n) is 3.55. The molecule has 3 rings (SSSR count). The van der Waals surface area contributed by atoms with E-state index in [4.69, 9.17) is 0 Å². The highest BCUT2D eigenvalue weighted by Gasteiger charge is 2.31. The smallest absolute Gasteiger partial charge is 0.226 e. The van der Waals surface area contributed by atoms with Crippen LogP contribution in [0, 0.1) is 5.92 Å². The van der Waals surface area contributed by atoms with Crippen LogP contribution in [0.4, 0.5) is 0 Å². The summed E-state index contributed by atoms with van der Waals surface area (Å²) in [6.45, 7) is 0. The van der Waals surface area contributed by atoms with E-state index in [9.17, 15) is 4.79 Å². The van der Waals surface area contributed by atoms with Gasteiger partial charge in [-0.25, -0.2) is 4.98 Å². The summed E-state index contributed by atoms with van der Waals surface area (Å²) < 4.78 is 0. The van der Waals surface area contributed by atoms with Crippen LogP contribution in [0.25, 0.3) is 0 Å². The topological polar surface area (TPSA) is 49.0 Å². The van der Waals surface area contributed by atoms with Gasteiger partial charge in [0.1, 0.15) is 0 Å². The number of aromatic amines is 1. The minimum Gasteiger partial charge on any atom is -0.348 e. The highest BCUT2D eigenvalue weighted by molar-refractivity contribution is 5.79. The first-order valence-electron chi connectivity index (χ1n) is 7.53. The second kappa shape index (κ2) is 5.35. The maximum atomic E-state index is 12.6. The number of aromatic nitrogens is 2. The van der Waals surface area contributed by atoms with Crippen molar-refractivity contribution in [2.45, 2.75) is 57.4 Å². The number of nitrogens with one attached hydrogen (secondary N) is 1. The molecule has 1 amide bonds. The number of aryl methyl sites for hydroxylation is 1. The summed E-state index contributed by atoms with van der Waals surface area (Å²) in [5.41, 5.74) is 2.33. The third-order valence-electron chi connectivity index (χ3n) is 4.81. The van der Waals surface area contributed by atoms with Crippen LogP contribution in [0.3, 0.4) is 0 Å². The third-order valence-corrected chi connectivity index (χ3v) is 4.81. The summed E-state index contributed by atoms with van der Waals surface area (Å²) in [5.74, 6) is 0.493. The summed E-state index contributed by atoms with van der Waals surface area (Å²) in [7, 11) is 2.00. The van der Waals surface area contributed by atoms with Crippen molar-refractivity contribution in [1.29, 1.82) is 0 Å². The Morgan fingerprint density at radius 3 is 2.89 bits per heavy atom. The average Bonchev–Trinajstić information content (AvgIpc) is 2.94. The molecule has 2 aliphatic carbocycles. The summed E-state index contributed by atoms with van der Waals surface area (Å²) >= 11 is 0. The molecule has 0 aromatic carbocycles. The molecule has 0 bridgehead atoms. The average molecular weight is 261 g/mol. The Labute approximate surface area is 114 Å². The van der Waals surface area contributed by atoms with Crippen LogP contribution >= 0.6 is 0 Å². The number of fused-ring (bicyclic) bond motifs is 1. The Balaban J connectivity index is 1.64. The molecule has 19 heavy (non-hydrogen) atoms. The number of hydrogen-bond donors (Lipinski definition) is 1. The number of carbonyl (C=O) groups excluding carboxylic acids is 1. The Bertz CT molecular complexity index is 448. The molecule has 1 saturated carbocycles. The lowest BCUT2D eigenvalue weighted by Gasteiger charge is -2.34. The van der Waals surface area contributed by atoms with E-state index in [0.717, 1.165) is 25.0 Å². The Morgan fingerprint density at radius 1 is 1.32 bits per heavy atom. The normalized spacial score (nSPS) is 23.9. The van der Waals surface area contributed by atoms with E-state index < -0.39 is 0 Å². The summed E-state index contributed by atoms with van der Waals surface area (Å²) in [6.07, 6.45) is 10.7. The van der Waals surface area contributed by atoms with Crippen molar-refractivity contribution >= 4 is 5.91 Å². The maximum Gasteiger partial charge on any atom is 0.226 e. The zero-order valence-electron chi connectivity index (χ0n) is 11.7. The van der Waals surface area contributed by atoms with E-state index in [1.54, 1.807) is 6.33 Å². The quantitative estimate of drug-likeness (QED) is 0.888. The molecule has 1 aromatic heterocycles.